The van der Waals surface area contributed by atoms with Crippen molar-refractivity contribution in [2.75, 3.05) is 5.75 Å². The summed E-state index contributed by atoms with van der Waals surface area (Å²) in [5.41, 5.74) is 0. The van der Waals surface area contributed by atoms with Crippen LogP contribution >= 0.6 is 12.0 Å². The first-order chi connectivity index (χ1) is 7.18. The van der Waals surface area contributed by atoms with Gasteiger partial charge in [0.15, 0.2) is 0 Å². The Kier molecular flexibility index (Phi) is 5.04. The van der Waals surface area contributed by atoms with Crippen molar-refractivity contribution in [3.63, 3.8) is 0 Å². The highest BCUT2D eigenvalue weighted by atomic mass is 32.2. The molecule has 0 amide bonds. The second-order valence-electron chi connectivity index (χ2n) is 3.10. The van der Waals surface area contributed by atoms with E-state index in [-0.39, 0.29) is 12.1 Å². The highest BCUT2D eigenvalue weighted by Gasteiger charge is 2.05. The zero-order valence-electron chi connectivity index (χ0n) is 8.80. The van der Waals surface area contributed by atoms with Gasteiger partial charge in [0.05, 0.1) is 17.8 Å². The molecule has 1 aromatic rings. The van der Waals surface area contributed by atoms with E-state index in [1.807, 2.05) is 37.3 Å². The molecule has 1 atom stereocenters. The number of benzene rings is 1. The van der Waals surface area contributed by atoms with Gasteiger partial charge < -0.3 is 8.92 Å². The van der Waals surface area contributed by atoms with Crippen LogP contribution in [0, 0.1) is 0 Å². The summed E-state index contributed by atoms with van der Waals surface area (Å²) in [6, 6.07) is 9.56. The molecule has 0 spiro atoms. The monoisotopic (exact) mass is 226 g/mol. The quantitative estimate of drug-likeness (QED) is 0.723. The summed E-state index contributed by atoms with van der Waals surface area (Å²) in [4.78, 5) is 10.5. The maximum absolute atomic E-state index is 10.5. The van der Waals surface area contributed by atoms with E-state index in [1.54, 1.807) is 0 Å². The first-order valence-corrected chi connectivity index (χ1v) is 5.61. The van der Waals surface area contributed by atoms with Gasteiger partial charge in [-0.15, -0.1) is 0 Å². The minimum absolute atomic E-state index is 0.0109. The molecule has 0 aliphatic heterocycles. The van der Waals surface area contributed by atoms with Gasteiger partial charge in [-0.1, -0.05) is 18.2 Å². The molecule has 1 unspecified atom stereocenters. The molecule has 0 saturated heterocycles. The average molecular weight is 226 g/mol. The molecule has 0 heterocycles. The number of hydrogen-bond acceptors (Lipinski definition) is 4. The van der Waals surface area contributed by atoms with Crippen LogP contribution in [-0.4, -0.2) is 17.8 Å². The van der Waals surface area contributed by atoms with Crippen LogP contribution in [0.3, 0.4) is 0 Å². The fourth-order valence-electron chi connectivity index (χ4n) is 0.978. The first-order valence-electron chi connectivity index (χ1n) is 4.70. The molecule has 3 nitrogen and oxygen atoms in total. The Morgan fingerprint density at radius 2 is 2.07 bits per heavy atom. The molecular formula is C11H14O3S. The van der Waals surface area contributed by atoms with Crippen LogP contribution in [0.5, 0.6) is 5.75 Å². The van der Waals surface area contributed by atoms with Crippen LogP contribution < -0.4 is 4.74 Å². The maximum Gasteiger partial charge on any atom is 0.314 e. The highest BCUT2D eigenvalue weighted by Crippen LogP contribution is 2.14. The molecular weight excluding hydrogens is 212 g/mol. The van der Waals surface area contributed by atoms with Gasteiger partial charge in [0.2, 0.25) is 0 Å². The summed E-state index contributed by atoms with van der Waals surface area (Å²) < 4.78 is 10.3. The Morgan fingerprint density at radius 1 is 1.40 bits per heavy atom. The number of ether oxygens (including phenoxy) is 1. The summed E-state index contributed by atoms with van der Waals surface area (Å²) in [6.07, 6.45) is 0.0109. The number of hydrogen-bond donors (Lipinski definition) is 0. The lowest BCUT2D eigenvalue weighted by Crippen LogP contribution is -2.15. The van der Waals surface area contributed by atoms with E-state index in [1.165, 1.54) is 6.92 Å². The van der Waals surface area contributed by atoms with Gasteiger partial charge >= 0.3 is 5.97 Å². The summed E-state index contributed by atoms with van der Waals surface area (Å²) >= 11 is 1.11. The molecule has 0 radical (unpaired) electrons. The third-order valence-electron chi connectivity index (χ3n) is 1.56. The van der Waals surface area contributed by atoms with E-state index in [0.29, 0.717) is 5.75 Å². The molecule has 0 N–H and O–H groups in total. The van der Waals surface area contributed by atoms with Gasteiger partial charge in [-0.3, -0.25) is 4.79 Å². The molecule has 0 bridgehead atoms. The minimum atomic E-state index is -0.285. The van der Waals surface area contributed by atoms with Crippen molar-refractivity contribution >= 4 is 18.0 Å². The lowest BCUT2D eigenvalue weighted by Gasteiger charge is -2.13. The van der Waals surface area contributed by atoms with Gasteiger partial charge in [0, 0.05) is 6.92 Å². The Bertz CT molecular complexity index is 300. The lowest BCUT2D eigenvalue weighted by molar-refractivity contribution is -0.130. The molecule has 0 aromatic heterocycles. The number of para-hydroxylation sites is 1. The predicted molar refractivity (Wildman–Crippen MR) is 60.8 cm³/mol. The van der Waals surface area contributed by atoms with Crippen molar-refractivity contribution in [3.8, 4) is 5.75 Å². The smallest absolute Gasteiger partial charge is 0.314 e. The van der Waals surface area contributed by atoms with Crippen molar-refractivity contribution in [2.45, 2.75) is 20.0 Å². The van der Waals surface area contributed by atoms with Crippen molar-refractivity contribution in [1.29, 1.82) is 0 Å². The van der Waals surface area contributed by atoms with E-state index in [9.17, 15) is 4.79 Å². The van der Waals surface area contributed by atoms with Crippen LogP contribution in [0.4, 0.5) is 0 Å². The zero-order valence-corrected chi connectivity index (χ0v) is 9.62. The molecule has 1 aromatic carbocycles. The number of rotatable bonds is 5. The molecule has 0 aliphatic carbocycles. The van der Waals surface area contributed by atoms with Gasteiger partial charge in [-0.25, -0.2) is 0 Å². The second-order valence-corrected chi connectivity index (χ2v) is 3.84. The first kappa shape index (κ1) is 11.9. The van der Waals surface area contributed by atoms with E-state index >= 15 is 0 Å². The Morgan fingerprint density at radius 3 is 2.67 bits per heavy atom. The minimum Gasteiger partial charge on any atom is -0.490 e. The third-order valence-corrected chi connectivity index (χ3v) is 2.52. The van der Waals surface area contributed by atoms with Crippen molar-refractivity contribution < 1.29 is 13.7 Å². The normalized spacial score (nSPS) is 11.9. The van der Waals surface area contributed by atoms with Crippen LogP contribution in [0.25, 0.3) is 0 Å². The molecule has 0 fully saturated rings. The van der Waals surface area contributed by atoms with E-state index in [2.05, 4.69) is 0 Å². The number of carbonyl (C=O) groups excluding carboxylic acids is 1. The topological polar surface area (TPSA) is 35.5 Å². The molecule has 0 saturated carbocycles. The predicted octanol–water partition coefficient (Wildman–Crippen LogP) is 2.67. The van der Waals surface area contributed by atoms with E-state index in [0.717, 1.165) is 17.8 Å². The fraction of sp³-hybridized carbons (Fsp3) is 0.364. The van der Waals surface area contributed by atoms with Gasteiger partial charge in [-0.2, -0.15) is 0 Å². The molecule has 0 aliphatic rings. The average Bonchev–Trinajstić information content (AvgIpc) is 2.18. The molecule has 15 heavy (non-hydrogen) atoms. The highest BCUT2D eigenvalue weighted by molar-refractivity contribution is 7.95. The molecule has 1 rings (SSSR count). The van der Waals surface area contributed by atoms with Crippen molar-refractivity contribution in [3.05, 3.63) is 30.3 Å². The standard InChI is InChI=1S/C11H14O3S/c1-9(8-15-14-10(2)12)13-11-6-4-3-5-7-11/h3-7,9H,8H2,1-2H3. The summed E-state index contributed by atoms with van der Waals surface area (Å²) in [5.74, 6) is 1.16. The second kappa shape index (κ2) is 6.35. The lowest BCUT2D eigenvalue weighted by atomic mass is 10.3. The number of carbonyl (C=O) groups is 1. The van der Waals surface area contributed by atoms with Crippen LogP contribution in [0.1, 0.15) is 13.8 Å². The molecule has 82 valence electrons. The largest absolute Gasteiger partial charge is 0.490 e. The van der Waals surface area contributed by atoms with Crippen molar-refractivity contribution in [2.24, 2.45) is 0 Å². The molecule has 4 heteroatoms. The fourth-order valence-corrected chi connectivity index (χ4v) is 1.47. The Hall–Kier alpha value is -1.16. The summed E-state index contributed by atoms with van der Waals surface area (Å²) in [5, 5.41) is 0. The SMILES string of the molecule is CC(=O)OSCC(C)Oc1ccccc1. The Labute approximate surface area is 94.0 Å². The third kappa shape index (κ3) is 5.32. The zero-order chi connectivity index (χ0) is 11.1. The summed E-state index contributed by atoms with van der Waals surface area (Å²) in [7, 11) is 0. The van der Waals surface area contributed by atoms with E-state index in [4.69, 9.17) is 8.92 Å². The van der Waals surface area contributed by atoms with E-state index < -0.39 is 0 Å². The Balaban J connectivity index is 2.24. The van der Waals surface area contributed by atoms with Gasteiger partial charge in [0.25, 0.3) is 0 Å². The van der Waals surface area contributed by atoms with Crippen molar-refractivity contribution in [1.82, 2.24) is 0 Å². The van der Waals surface area contributed by atoms with Gasteiger partial charge in [0.1, 0.15) is 11.9 Å². The van der Waals surface area contributed by atoms with Crippen LogP contribution in [0.15, 0.2) is 30.3 Å². The maximum atomic E-state index is 10.5. The van der Waals surface area contributed by atoms with Gasteiger partial charge in [-0.05, 0) is 19.1 Å². The summed E-state index contributed by atoms with van der Waals surface area (Å²) in [6.45, 7) is 3.32. The van der Waals surface area contributed by atoms with Crippen LogP contribution in [-0.2, 0) is 8.98 Å². The van der Waals surface area contributed by atoms with Crippen LogP contribution in [0.2, 0.25) is 0 Å².